The number of carbonyl (C=O) groups is 2. The molecule has 8 heteroatoms. The molecule has 2 heterocycles. The van der Waals surface area contributed by atoms with Crippen LogP contribution in [0.5, 0.6) is 5.75 Å². The number of benzene rings is 1. The van der Waals surface area contributed by atoms with Crippen molar-refractivity contribution in [2.75, 3.05) is 46.6 Å². The molecular weight excluding hydrogens is 350 g/mol. The van der Waals surface area contributed by atoms with Crippen molar-refractivity contribution in [1.82, 2.24) is 15.5 Å². The van der Waals surface area contributed by atoms with E-state index in [4.69, 9.17) is 14.2 Å². The lowest BCUT2D eigenvalue weighted by Gasteiger charge is -2.33. The number of carbonyl (C=O) groups excluding carboxylic acids is 2. The molecule has 1 fully saturated rings. The van der Waals surface area contributed by atoms with Gasteiger partial charge in [0.1, 0.15) is 5.75 Å². The van der Waals surface area contributed by atoms with Crippen LogP contribution in [0.1, 0.15) is 18.5 Å². The Morgan fingerprint density at radius 2 is 2.11 bits per heavy atom. The Balaban J connectivity index is 1.98. The Morgan fingerprint density at radius 3 is 2.81 bits per heavy atom. The molecule has 8 nitrogen and oxygen atoms in total. The first kappa shape index (κ1) is 19.2. The number of methoxy groups -OCH3 is 1. The van der Waals surface area contributed by atoms with Gasteiger partial charge in [0.25, 0.3) is 0 Å². The van der Waals surface area contributed by atoms with Gasteiger partial charge in [0.2, 0.25) is 0 Å². The molecule has 2 amide bonds. The van der Waals surface area contributed by atoms with Crippen LogP contribution in [0, 0.1) is 0 Å². The van der Waals surface area contributed by atoms with Crippen LogP contribution in [0.3, 0.4) is 0 Å². The Bertz CT molecular complexity index is 728. The van der Waals surface area contributed by atoms with Crippen LogP contribution in [0.4, 0.5) is 4.79 Å². The Morgan fingerprint density at radius 1 is 1.33 bits per heavy atom. The molecule has 27 heavy (non-hydrogen) atoms. The van der Waals surface area contributed by atoms with Gasteiger partial charge in [-0.1, -0.05) is 12.1 Å². The quantitative estimate of drug-likeness (QED) is 0.727. The highest BCUT2D eigenvalue weighted by atomic mass is 16.5. The van der Waals surface area contributed by atoms with Crippen LogP contribution in [0.15, 0.2) is 35.5 Å². The maximum Gasteiger partial charge on any atom is 0.338 e. The van der Waals surface area contributed by atoms with Gasteiger partial charge >= 0.3 is 12.0 Å². The van der Waals surface area contributed by atoms with E-state index in [-0.39, 0.29) is 12.6 Å². The highest BCUT2D eigenvalue weighted by molar-refractivity contribution is 5.95. The van der Waals surface area contributed by atoms with Crippen molar-refractivity contribution in [1.29, 1.82) is 0 Å². The summed E-state index contributed by atoms with van der Waals surface area (Å²) in [5, 5.41) is 5.63. The van der Waals surface area contributed by atoms with E-state index in [2.05, 4.69) is 15.5 Å². The van der Waals surface area contributed by atoms with Crippen molar-refractivity contribution < 1.29 is 23.8 Å². The zero-order chi connectivity index (χ0) is 19.2. The van der Waals surface area contributed by atoms with Gasteiger partial charge in [0, 0.05) is 25.3 Å². The minimum Gasteiger partial charge on any atom is -0.497 e. The molecule has 1 atom stereocenters. The number of hydrogen-bond donors (Lipinski definition) is 2. The second-order valence-corrected chi connectivity index (χ2v) is 6.31. The van der Waals surface area contributed by atoms with Crippen molar-refractivity contribution in [2.45, 2.75) is 13.0 Å². The molecule has 0 unspecified atom stereocenters. The number of esters is 1. The summed E-state index contributed by atoms with van der Waals surface area (Å²) in [4.78, 5) is 27.2. The number of rotatable bonds is 6. The van der Waals surface area contributed by atoms with E-state index < -0.39 is 12.0 Å². The summed E-state index contributed by atoms with van der Waals surface area (Å²) in [6.45, 7) is 5.22. The fourth-order valence-corrected chi connectivity index (χ4v) is 3.25. The third-order valence-electron chi connectivity index (χ3n) is 4.56. The van der Waals surface area contributed by atoms with Crippen molar-refractivity contribution in [3.05, 3.63) is 41.1 Å². The second-order valence-electron chi connectivity index (χ2n) is 6.31. The first-order chi connectivity index (χ1) is 13.1. The molecule has 2 aliphatic rings. The summed E-state index contributed by atoms with van der Waals surface area (Å²) in [5.41, 5.74) is 1.73. The fourth-order valence-electron chi connectivity index (χ4n) is 3.25. The molecule has 1 saturated heterocycles. The maximum absolute atomic E-state index is 12.7. The monoisotopic (exact) mass is 375 g/mol. The third-order valence-corrected chi connectivity index (χ3v) is 4.56. The first-order valence-electron chi connectivity index (χ1n) is 9.04. The van der Waals surface area contributed by atoms with E-state index in [1.54, 1.807) is 14.0 Å². The first-order valence-corrected chi connectivity index (χ1v) is 9.04. The topological polar surface area (TPSA) is 89.1 Å². The van der Waals surface area contributed by atoms with Crippen LogP contribution < -0.4 is 15.4 Å². The van der Waals surface area contributed by atoms with Gasteiger partial charge < -0.3 is 24.8 Å². The zero-order valence-corrected chi connectivity index (χ0v) is 15.6. The van der Waals surface area contributed by atoms with Crippen LogP contribution in [-0.2, 0) is 14.3 Å². The van der Waals surface area contributed by atoms with Gasteiger partial charge in [-0.15, -0.1) is 0 Å². The molecule has 0 aromatic heterocycles. The number of urea groups is 1. The molecule has 0 bridgehead atoms. The maximum atomic E-state index is 12.7. The lowest BCUT2D eigenvalue weighted by Crippen LogP contribution is -2.49. The number of nitrogens with one attached hydrogen (secondary N) is 2. The summed E-state index contributed by atoms with van der Waals surface area (Å²) in [5.74, 6) is 0.208. The van der Waals surface area contributed by atoms with Gasteiger partial charge in [-0.3, -0.25) is 4.90 Å². The number of ether oxygens (including phenoxy) is 3. The summed E-state index contributed by atoms with van der Waals surface area (Å²) in [6, 6.07) is 6.34. The summed E-state index contributed by atoms with van der Waals surface area (Å²) < 4.78 is 15.9. The van der Waals surface area contributed by atoms with Crippen LogP contribution in [-0.4, -0.2) is 63.5 Å². The van der Waals surface area contributed by atoms with Crippen LogP contribution in [0.2, 0.25) is 0 Å². The summed E-state index contributed by atoms with van der Waals surface area (Å²) in [6.07, 6.45) is 0. The van der Waals surface area contributed by atoms with E-state index in [1.165, 1.54) is 0 Å². The van der Waals surface area contributed by atoms with Crippen molar-refractivity contribution in [2.24, 2.45) is 0 Å². The Kier molecular flexibility index (Phi) is 6.31. The fraction of sp³-hybridized carbons (Fsp3) is 0.474. The van der Waals surface area contributed by atoms with E-state index in [1.807, 2.05) is 24.3 Å². The van der Waals surface area contributed by atoms with Gasteiger partial charge in [-0.25, -0.2) is 9.59 Å². The summed E-state index contributed by atoms with van der Waals surface area (Å²) >= 11 is 0. The molecule has 2 N–H and O–H groups in total. The molecule has 0 spiro atoms. The van der Waals surface area contributed by atoms with Crippen molar-refractivity contribution >= 4 is 12.0 Å². The molecule has 3 rings (SSSR count). The predicted molar refractivity (Wildman–Crippen MR) is 98.3 cm³/mol. The largest absolute Gasteiger partial charge is 0.497 e. The molecule has 2 aliphatic heterocycles. The second kappa shape index (κ2) is 8.88. The van der Waals surface area contributed by atoms with E-state index >= 15 is 0 Å². The SMILES string of the molecule is CCOC(=O)C1=C(CN2CCOCC2)NC(=O)N[C@H]1c1cccc(OC)c1. The Labute approximate surface area is 158 Å². The molecule has 1 aromatic carbocycles. The van der Waals surface area contributed by atoms with E-state index in [0.717, 1.165) is 18.7 Å². The highest BCUT2D eigenvalue weighted by Gasteiger charge is 2.34. The van der Waals surface area contributed by atoms with Crippen LogP contribution >= 0.6 is 0 Å². The molecule has 0 aliphatic carbocycles. The third kappa shape index (κ3) is 4.58. The molecule has 0 saturated carbocycles. The normalized spacial score (nSPS) is 20.7. The van der Waals surface area contributed by atoms with Gasteiger partial charge in [-0.2, -0.15) is 0 Å². The Hall–Kier alpha value is -2.58. The standard InChI is InChI=1S/C19H25N3O5/c1-3-27-18(23)16-15(12-22-7-9-26-10-8-22)20-19(24)21-17(16)13-5-4-6-14(11-13)25-2/h4-6,11,17H,3,7-10,12H2,1-2H3,(H2,20,21,24)/t17-/m0/s1. The minimum absolute atomic E-state index is 0.256. The number of amides is 2. The zero-order valence-electron chi connectivity index (χ0n) is 15.6. The molecule has 146 valence electrons. The lowest BCUT2D eigenvalue weighted by molar-refractivity contribution is -0.139. The number of morpholine rings is 1. The van der Waals surface area contributed by atoms with Gasteiger partial charge in [0.05, 0.1) is 38.5 Å². The van der Waals surface area contributed by atoms with E-state index in [9.17, 15) is 9.59 Å². The lowest BCUT2D eigenvalue weighted by atomic mass is 9.94. The smallest absolute Gasteiger partial charge is 0.338 e. The highest BCUT2D eigenvalue weighted by Crippen LogP contribution is 2.30. The molecule has 0 radical (unpaired) electrons. The van der Waals surface area contributed by atoms with Gasteiger partial charge in [0.15, 0.2) is 0 Å². The molecule has 1 aromatic rings. The molecular formula is C19H25N3O5. The van der Waals surface area contributed by atoms with Crippen molar-refractivity contribution in [3.8, 4) is 5.75 Å². The van der Waals surface area contributed by atoms with Crippen LogP contribution in [0.25, 0.3) is 0 Å². The van der Waals surface area contributed by atoms with Gasteiger partial charge in [-0.05, 0) is 24.6 Å². The summed E-state index contributed by atoms with van der Waals surface area (Å²) in [7, 11) is 1.58. The minimum atomic E-state index is -0.607. The number of nitrogens with zero attached hydrogens (tertiary/aromatic N) is 1. The average molecular weight is 375 g/mol. The van der Waals surface area contributed by atoms with E-state index in [0.29, 0.717) is 36.8 Å². The average Bonchev–Trinajstić information content (AvgIpc) is 2.68. The predicted octanol–water partition coefficient (Wildman–Crippen LogP) is 1.20. The van der Waals surface area contributed by atoms with Crippen molar-refractivity contribution in [3.63, 3.8) is 0 Å². The number of hydrogen-bond acceptors (Lipinski definition) is 6.